The van der Waals surface area contributed by atoms with Crippen molar-refractivity contribution in [2.24, 2.45) is 17.8 Å². The first-order valence-electron chi connectivity index (χ1n) is 8.36. The van der Waals surface area contributed by atoms with Crippen molar-refractivity contribution in [1.82, 2.24) is 10.2 Å². The first-order chi connectivity index (χ1) is 9.70. The molecule has 120 valence electrons. The number of halogens is 1. The molecule has 3 saturated heterocycles. The quantitative estimate of drug-likeness (QED) is 0.803. The Morgan fingerprint density at radius 1 is 1.10 bits per heavy atom. The van der Waals surface area contributed by atoms with Gasteiger partial charge >= 0.3 is 0 Å². The summed E-state index contributed by atoms with van der Waals surface area (Å²) in [4.78, 5) is 15.2. The van der Waals surface area contributed by atoms with Gasteiger partial charge in [0.25, 0.3) is 0 Å². The number of carbonyl (C=O) groups excluding carboxylic acids is 1. The van der Waals surface area contributed by atoms with Crippen molar-refractivity contribution in [2.45, 2.75) is 57.2 Å². The van der Waals surface area contributed by atoms with E-state index in [1.807, 2.05) is 6.92 Å². The maximum Gasteiger partial charge on any atom is 0.242 e. The molecule has 0 spiro atoms. The Labute approximate surface area is 133 Å². The van der Waals surface area contributed by atoms with Gasteiger partial charge in [-0.15, -0.1) is 12.4 Å². The van der Waals surface area contributed by atoms with Crippen LogP contribution >= 0.6 is 12.4 Å². The number of rotatable bonds is 1. The Morgan fingerprint density at radius 2 is 1.76 bits per heavy atom. The molecule has 0 aromatic heterocycles. The second-order valence-electron chi connectivity index (χ2n) is 7.43. The van der Waals surface area contributed by atoms with Crippen LogP contribution in [0.25, 0.3) is 0 Å². The van der Waals surface area contributed by atoms with Crippen LogP contribution in [0.2, 0.25) is 0 Å². The standard InChI is InChI=1S/C16H26N2O2.ClH/c1-10-15(17-2-3-20-10)16(19)18-9-13-5-11-4-12(6-13)8-14(18)7-11;/h10-15,17H,2-9H2,1H3;1H/t10-,11?,12?,13?,14?,15+;/m1./s1. The third-order valence-electron chi connectivity index (χ3n) is 5.97. The van der Waals surface area contributed by atoms with Gasteiger partial charge < -0.3 is 15.0 Å². The van der Waals surface area contributed by atoms with Gasteiger partial charge in [-0.2, -0.15) is 0 Å². The summed E-state index contributed by atoms with van der Waals surface area (Å²) < 4.78 is 5.66. The van der Waals surface area contributed by atoms with Crippen LogP contribution in [0, 0.1) is 17.8 Å². The Hall–Kier alpha value is -0.320. The molecule has 4 bridgehead atoms. The maximum absolute atomic E-state index is 13.0. The lowest BCUT2D eigenvalue weighted by molar-refractivity contribution is -0.142. The first kappa shape index (κ1) is 15.6. The smallest absolute Gasteiger partial charge is 0.242 e. The zero-order valence-corrected chi connectivity index (χ0v) is 13.6. The summed E-state index contributed by atoms with van der Waals surface area (Å²) in [6.45, 7) is 4.55. The number of hydrogen-bond donors (Lipinski definition) is 1. The second kappa shape index (κ2) is 6.05. The number of carbonyl (C=O) groups is 1. The molecule has 2 unspecified atom stereocenters. The van der Waals surface area contributed by atoms with Gasteiger partial charge in [-0.3, -0.25) is 4.79 Å². The molecule has 3 aliphatic heterocycles. The molecular formula is C16H27ClN2O2. The van der Waals surface area contributed by atoms with Crippen molar-refractivity contribution in [3.05, 3.63) is 0 Å². The minimum atomic E-state index is -0.126. The fraction of sp³-hybridized carbons (Fsp3) is 0.938. The molecule has 5 aliphatic rings. The predicted octanol–water partition coefficient (Wildman–Crippen LogP) is 1.82. The zero-order valence-electron chi connectivity index (χ0n) is 12.8. The van der Waals surface area contributed by atoms with Crippen LogP contribution in [0.3, 0.4) is 0 Å². The highest BCUT2D eigenvalue weighted by atomic mass is 35.5. The van der Waals surface area contributed by atoms with Gasteiger partial charge in [0.15, 0.2) is 0 Å². The molecule has 0 aromatic rings. The largest absolute Gasteiger partial charge is 0.375 e. The molecular weight excluding hydrogens is 288 g/mol. The van der Waals surface area contributed by atoms with Crippen LogP contribution in [0.15, 0.2) is 0 Å². The monoisotopic (exact) mass is 314 g/mol. The zero-order chi connectivity index (χ0) is 13.7. The summed E-state index contributed by atoms with van der Waals surface area (Å²) in [5.74, 6) is 2.84. The highest BCUT2D eigenvalue weighted by Crippen LogP contribution is 2.47. The lowest BCUT2D eigenvalue weighted by atomic mass is 9.68. The van der Waals surface area contributed by atoms with E-state index in [9.17, 15) is 4.79 Å². The van der Waals surface area contributed by atoms with E-state index in [4.69, 9.17) is 4.74 Å². The van der Waals surface area contributed by atoms with E-state index >= 15 is 0 Å². The summed E-state index contributed by atoms with van der Waals surface area (Å²) in [7, 11) is 0. The summed E-state index contributed by atoms with van der Waals surface area (Å²) in [5.41, 5.74) is 0. The number of fused-ring (bicyclic) bond motifs is 1. The molecule has 4 nitrogen and oxygen atoms in total. The molecule has 0 radical (unpaired) electrons. The minimum absolute atomic E-state index is 0. The third-order valence-corrected chi connectivity index (χ3v) is 5.97. The Bertz CT molecular complexity index is 392. The van der Waals surface area contributed by atoms with Crippen LogP contribution in [0.4, 0.5) is 0 Å². The number of morpholine rings is 1. The van der Waals surface area contributed by atoms with Crippen LogP contribution in [0.1, 0.15) is 39.0 Å². The second-order valence-corrected chi connectivity index (χ2v) is 7.43. The first-order valence-corrected chi connectivity index (χ1v) is 8.36. The van der Waals surface area contributed by atoms with Gasteiger partial charge in [0.2, 0.25) is 5.91 Å². The molecule has 1 N–H and O–H groups in total. The molecule has 4 atom stereocenters. The Kier molecular flexibility index (Phi) is 4.49. The van der Waals surface area contributed by atoms with E-state index in [1.54, 1.807) is 0 Å². The molecule has 21 heavy (non-hydrogen) atoms. The van der Waals surface area contributed by atoms with Crippen molar-refractivity contribution in [1.29, 1.82) is 0 Å². The molecule has 1 amide bonds. The summed E-state index contributed by atoms with van der Waals surface area (Å²) in [6, 6.07) is 0.383. The van der Waals surface area contributed by atoms with Crippen LogP contribution in [-0.2, 0) is 9.53 Å². The van der Waals surface area contributed by atoms with E-state index in [1.165, 1.54) is 32.1 Å². The van der Waals surface area contributed by atoms with Crippen molar-refractivity contribution >= 4 is 18.3 Å². The summed E-state index contributed by atoms with van der Waals surface area (Å²) in [6.07, 6.45) is 6.66. The van der Waals surface area contributed by atoms with Gasteiger partial charge in [-0.1, -0.05) is 0 Å². The molecule has 2 saturated carbocycles. The van der Waals surface area contributed by atoms with Gasteiger partial charge in [0.05, 0.1) is 12.7 Å². The normalized spacial score (nSPS) is 45.1. The van der Waals surface area contributed by atoms with Crippen molar-refractivity contribution in [3.63, 3.8) is 0 Å². The number of hydrogen-bond acceptors (Lipinski definition) is 3. The lowest BCUT2D eigenvalue weighted by Crippen LogP contribution is -2.58. The Morgan fingerprint density at radius 3 is 2.43 bits per heavy atom. The maximum atomic E-state index is 13.0. The van der Waals surface area contributed by atoms with E-state index < -0.39 is 0 Å². The summed E-state index contributed by atoms with van der Waals surface area (Å²) >= 11 is 0. The van der Waals surface area contributed by atoms with E-state index in [0.29, 0.717) is 11.9 Å². The lowest BCUT2D eigenvalue weighted by Gasteiger charge is -2.40. The minimum Gasteiger partial charge on any atom is -0.375 e. The third kappa shape index (κ3) is 2.82. The topological polar surface area (TPSA) is 41.6 Å². The van der Waals surface area contributed by atoms with Crippen LogP contribution < -0.4 is 5.32 Å². The number of nitrogens with zero attached hydrogens (tertiary/aromatic N) is 1. The molecule has 3 heterocycles. The molecule has 0 aromatic carbocycles. The average Bonchev–Trinajstić information content (AvgIpc) is 2.62. The number of ether oxygens (including phenoxy) is 1. The number of amides is 1. The SMILES string of the molecule is C[C@H]1OCCN[C@@H]1C(=O)N1CC2CC3CC(C2)CC1C3.Cl. The van der Waals surface area contributed by atoms with E-state index in [2.05, 4.69) is 10.2 Å². The molecule has 2 aliphatic carbocycles. The molecule has 5 heteroatoms. The number of nitrogens with one attached hydrogen (secondary N) is 1. The van der Waals surface area contributed by atoms with Gasteiger partial charge in [0, 0.05) is 19.1 Å². The molecule has 5 fully saturated rings. The fourth-order valence-corrected chi connectivity index (χ4v) is 5.24. The Balaban J connectivity index is 0.00000132. The van der Waals surface area contributed by atoms with Crippen molar-refractivity contribution in [3.8, 4) is 0 Å². The predicted molar refractivity (Wildman–Crippen MR) is 83.5 cm³/mol. The molecule has 5 rings (SSSR count). The van der Waals surface area contributed by atoms with E-state index in [0.717, 1.165) is 37.5 Å². The van der Waals surface area contributed by atoms with Crippen molar-refractivity contribution in [2.75, 3.05) is 19.7 Å². The fourth-order valence-electron chi connectivity index (χ4n) is 5.24. The van der Waals surface area contributed by atoms with Crippen molar-refractivity contribution < 1.29 is 9.53 Å². The van der Waals surface area contributed by atoms with Gasteiger partial charge in [-0.05, 0) is 56.8 Å². The van der Waals surface area contributed by atoms with Crippen LogP contribution in [0.5, 0.6) is 0 Å². The highest BCUT2D eigenvalue weighted by molar-refractivity contribution is 5.85. The highest BCUT2D eigenvalue weighted by Gasteiger charge is 2.45. The summed E-state index contributed by atoms with van der Waals surface area (Å²) in [5, 5.41) is 3.37. The van der Waals surface area contributed by atoms with Gasteiger partial charge in [-0.25, -0.2) is 0 Å². The van der Waals surface area contributed by atoms with E-state index in [-0.39, 0.29) is 24.6 Å². The van der Waals surface area contributed by atoms with Gasteiger partial charge in [0.1, 0.15) is 6.04 Å². The average molecular weight is 315 g/mol. The van der Waals surface area contributed by atoms with Crippen LogP contribution in [-0.4, -0.2) is 48.7 Å².